The fraction of sp³-hybridized carbons (Fsp3) is 0.250. The van der Waals surface area contributed by atoms with E-state index in [0.29, 0.717) is 16.9 Å². The Labute approximate surface area is 202 Å². The van der Waals surface area contributed by atoms with Crippen molar-refractivity contribution in [1.82, 2.24) is 19.7 Å². The Hall–Kier alpha value is -2.75. The molecule has 1 atom stereocenters. The van der Waals surface area contributed by atoms with E-state index < -0.39 is 0 Å². The minimum Gasteiger partial charge on any atom is -0.419 e. The van der Waals surface area contributed by atoms with Crippen molar-refractivity contribution in [3.8, 4) is 16.5 Å². The molecule has 0 aliphatic heterocycles. The maximum Gasteiger partial charge on any atom is 0.267 e. The summed E-state index contributed by atoms with van der Waals surface area (Å²) in [7, 11) is 0. The second-order valence-electron chi connectivity index (χ2n) is 7.94. The number of hydrogen-bond acceptors (Lipinski definition) is 8. The quantitative estimate of drug-likeness (QED) is 0.212. The summed E-state index contributed by atoms with van der Waals surface area (Å²) in [6.07, 6.45) is 4.29. The standard InChI is InChI=1S/C24H20N4O2S3/c1-14(20-26-27-21(30-20)18-12-7-13-31-18)32-24-25-22-19(16-10-5-6-11-17(16)33-22)23(29)28(24)15-8-3-2-4-9-15/h2-4,7-9,12-14H,5-6,10-11H2,1H3. The molecule has 33 heavy (non-hydrogen) atoms. The molecule has 6 rings (SSSR count). The third-order valence-corrected chi connectivity index (χ3v) is 8.86. The van der Waals surface area contributed by atoms with Gasteiger partial charge in [0.2, 0.25) is 5.89 Å². The van der Waals surface area contributed by atoms with Gasteiger partial charge in [0.1, 0.15) is 4.83 Å². The average Bonchev–Trinajstić information content (AvgIpc) is 3.58. The van der Waals surface area contributed by atoms with Crippen molar-refractivity contribution in [3.63, 3.8) is 0 Å². The molecule has 0 radical (unpaired) electrons. The Morgan fingerprint density at radius 1 is 1.09 bits per heavy atom. The van der Waals surface area contributed by atoms with Crippen molar-refractivity contribution in [2.24, 2.45) is 0 Å². The molecule has 1 unspecified atom stereocenters. The topological polar surface area (TPSA) is 73.8 Å². The van der Waals surface area contributed by atoms with Crippen LogP contribution >= 0.6 is 34.4 Å². The molecule has 166 valence electrons. The van der Waals surface area contributed by atoms with E-state index in [9.17, 15) is 4.79 Å². The molecule has 4 aromatic heterocycles. The Morgan fingerprint density at radius 2 is 1.94 bits per heavy atom. The van der Waals surface area contributed by atoms with Gasteiger partial charge in [-0.2, -0.15) is 0 Å². The van der Waals surface area contributed by atoms with Crippen LogP contribution in [0, 0.1) is 0 Å². The van der Waals surface area contributed by atoms with E-state index in [1.165, 1.54) is 28.6 Å². The third-order valence-electron chi connectivity index (χ3n) is 5.78. The smallest absolute Gasteiger partial charge is 0.267 e. The van der Waals surface area contributed by atoms with Gasteiger partial charge >= 0.3 is 0 Å². The Kier molecular flexibility index (Phi) is 5.40. The Bertz CT molecular complexity index is 1490. The highest BCUT2D eigenvalue weighted by atomic mass is 32.2. The predicted molar refractivity (Wildman–Crippen MR) is 134 cm³/mol. The van der Waals surface area contributed by atoms with Gasteiger partial charge in [0, 0.05) is 4.88 Å². The molecular weight excluding hydrogens is 472 g/mol. The van der Waals surface area contributed by atoms with Gasteiger partial charge in [-0.25, -0.2) is 4.98 Å². The lowest BCUT2D eigenvalue weighted by Crippen LogP contribution is -2.22. The summed E-state index contributed by atoms with van der Waals surface area (Å²) in [6, 6.07) is 13.7. The van der Waals surface area contributed by atoms with Crippen LogP contribution < -0.4 is 5.56 Å². The molecule has 1 aliphatic carbocycles. The van der Waals surface area contributed by atoms with Gasteiger partial charge in [-0.15, -0.1) is 32.9 Å². The number of aryl methyl sites for hydroxylation is 2. The van der Waals surface area contributed by atoms with Crippen LogP contribution in [0.25, 0.3) is 26.7 Å². The fourth-order valence-electron chi connectivity index (χ4n) is 4.18. The monoisotopic (exact) mass is 492 g/mol. The number of rotatable bonds is 5. The van der Waals surface area contributed by atoms with E-state index in [-0.39, 0.29) is 10.8 Å². The molecule has 0 N–H and O–H groups in total. The van der Waals surface area contributed by atoms with Crippen LogP contribution in [-0.4, -0.2) is 19.7 Å². The summed E-state index contributed by atoms with van der Waals surface area (Å²) in [4.78, 5) is 21.9. The van der Waals surface area contributed by atoms with E-state index in [4.69, 9.17) is 9.40 Å². The summed E-state index contributed by atoms with van der Waals surface area (Å²) >= 11 is 4.70. The Balaban J connectivity index is 1.45. The highest BCUT2D eigenvalue weighted by Gasteiger charge is 2.25. The lowest BCUT2D eigenvalue weighted by molar-refractivity contribution is 0.510. The largest absolute Gasteiger partial charge is 0.419 e. The van der Waals surface area contributed by atoms with Crippen LogP contribution in [0.15, 0.2) is 62.2 Å². The normalized spacial score (nSPS) is 14.5. The molecule has 0 spiro atoms. The van der Waals surface area contributed by atoms with Crippen molar-refractivity contribution >= 4 is 44.7 Å². The Morgan fingerprint density at radius 3 is 2.76 bits per heavy atom. The zero-order chi connectivity index (χ0) is 22.4. The lowest BCUT2D eigenvalue weighted by atomic mass is 9.97. The lowest BCUT2D eigenvalue weighted by Gasteiger charge is -2.15. The fourth-order valence-corrected chi connectivity index (χ4v) is 7.08. The molecule has 0 saturated carbocycles. The number of hydrogen-bond donors (Lipinski definition) is 0. The van der Waals surface area contributed by atoms with Gasteiger partial charge in [-0.05, 0) is 61.7 Å². The minimum atomic E-state index is -0.167. The van der Waals surface area contributed by atoms with Crippen LogP contribution in [0.1, 0.15) is 41.3 Å². The number of para-hydroxylation sites is 1. The predicted octanol–water partition coefficient (Wildman–Crippen LogP) is 6.29. The first-order valence-electron chi connectivity index (χ1n) is 10.9. The van der Waals surface area contributed by atoms with Crippen molar-refractivity contribution in [2.75, 3.05) is 0 Å². The molecule has 0 fully saturated rings. The van der Waals surface area contributed by atoms with E-state index in [1.54, 1.807) is 27.2 Å². The number of nitrogens with zero attached hydrogens (tertiary/aromatic N) is 4. The van der Waals surface area contributed by atoms with Crippen LogP contribution in [0.3, 0.4) is 0 Å². The van der Waals surface area contributed by atoms with Crippen molar-refractivity contribution in [1.29, 1.82) is 0 Å². The van der Waals surface area contributed by atoms with Gasteiger partial charge in [-0.1, -0.05) is 36.0 Å². The molecule has 0 saturated heterocycles. The zero-order valence-electron chi connectivity index (χ0n) is 17.9. The zero-order valence-corrected chi connectivity index (χ0v) is 20.3. The van der Waals surface area contributed by atoms with Crippen LogP contribution in [-0.2, 0) is 12.8 Å². The number of aromatic nitrogens is 4. The molecule has 5 aromatic rings. The summed E-state index contributed by atoms with van der Waals surface area (Å²) in [5, 5.41) is 11.7. The van der Waals surface area contributed by atoms with Crippen LogP contribution in [0.5, 0.6) is 0 Å². The van der Waals surface area contributed by atoms with Gasteiger partial charge < -0.3 is 4.42 Å². The first-order chi connectivity index (χ1) is 16.2. The van der Waals surface area contributed by atoms with Gasteiger partial charge in [0.15, 0.2) is 5.16 Å². The third kappa shape index (κ3) is 3.74. The van der Waals surface area contributed by atoms with Crippen molar-refractivity contribution in [2.45, 2.75) is 43.0 Å². The summed E-state index contributed by atoms with van der Waals surface area (Å²) < 4.78 is 7.68. The molecule has 1 aliphatic rings. The SMILES string of the molecule is CC(Sc1nc2sc3c(c2c(=O)n1-c1ccccc1)CCCC3)c1nnc(-c2cccs2)o1. The van der Waals surface area contributed by atoms with Crippen molar-refractivity contribution in [3.05, 3.63) is 74.5 Å². The average molecular weight is 493 g/mol. The molecule has 6 nitrogen and oxygen atoms in total. The molecule has 9 heteroatoms. The maximum absolute atomic E-state index is 13.8. The van der Waals surface area contributed by atoms with E-state index in [1.807, 2.05) is 54.8 Å². The van der Waals surface area contributed by atoms with E-state index in [0.717, 1.165) is 40.0 Å². The molecular formula is C24H20N4O2S3. The minimum absolute atomic E-state index is 0.00473. The first kappa shape index (κ1) is 20.8. The van der Waals surface area contributed by atoms with Crippen LogP contribution in [0.4, 0.5) is 0 Å². The highest BCUT2D eigenvalue weighted by molar-refractivity contribution is 7.99. The van der Waals surface area contributed by atoms with Gasteiger partial charge in [0.25, 0.3) is 11.4 Å². The summed E-state index contributed by atoms with van der Waals surface area (Å²) in [6.45, 7) is 2.00. The highest BCUT2D eigenvalue weighted by Crippen LogP contribution is 2.39. The number of thiophene rings is 2. The van der Waals surface area contributed by atoms with Crippen molar-refractivity contribution < 1.29 is 4.42 Å². The second-order valence-corrected chi connectivity index (χ2v) is 11.3. The maximum atomic E-state index is 13.8. The molecule has 0 amide bonds. The molecule has 1 aromatic carbocycles. The van der Waals surface area contributed by atoms with Crippen LogP contribution in [0.2, 0.25) is 0 Å². The molecule has 0 bridgehead atoms. The second kappa shape index (κ2) is 8.55. The number of thioether (sulfide) groups is 1. The summed E-state index contributed by atoms with van der Waals surface area (Å²) in [5.41, 5.74) is 2.02. The van der Waals surface area contributed by atoms with E-state index >= 15 is 0 Å². The van der Waals surface area contributed by atoms with Gasteiger partial charge in [0.05, 0.1) is 21.2 Å². The molecule has 4 heterocycles. The number of benzene rings is 1. The first-order valence-corrected chi connectivity index (χ1v) is 13.4. The van der Waals surface area contributed by atoms with Gasteiger partial charge in [-0.3, -0.25) is 9.36 Å². The van der Waals surface area contributed by atoms with E-state index in [2.05, 4.69) is 10.2 Å². The number of fused-ring (bicyclic) bond motifs is 3. The summed E-state index contributed by atoms with van der Waals surface area (Å²) in [5.74, 6) is 1.03.